The van der Waals surface area contributed by atoms with Crippen LogP contribution in [-0.2, 0) is 17.0 Å². The van der Waals surface area contributed by atoms with Crippen LogP contribution in [0.5, 0.6) is 0 Å². The van der Waals surface area contributed by atoms with Crippen LogP contribution in [0.1, 0.15) is 38.6 Å². The first-order valence-electron chi connectivity index (χ1n) is 10.1. The quantitative estimate of drug-likeness (QED) is 0.545. The fourth-order valence-electron chi connectivity index (χ4n) is 3.30. The fourth-order valence-corrected chi connectivity index (χ4v) is 5.48. The minimum absolute atomic E-state index is 0.144. The van der Waals surface area contributed by atoms with Gasteiger partial charge in [0, 0.05) is 30.3 Å². The number of thiazole rings is 1. The van der Waals surface area contributed by atoms with E-state index >= 15 is 4.39 Å². The first-order chi connectivity index (χ1) is 14.7. The first-order valence-corrected chi connectivity index (χ1v) is 12.0. The number of aromatic nitrogens is 3. The maximum Gasteiger partial charge on any atom is 0.220 e. The number of hydrogen-bond donors (Lipinski definition) is 2. The minimum Gasteiger partial charge on any atom is -0.573 e. The van der Waals surface area contributed by atoms with Gasteiger partial charge >= 0.3 is 0 Å². The SMILES string of the molecule is CC(C)(C)c1nc(-c2cccc(N[S+]([O-])N3CCCC3)c2F)c(-c2ccnc(N)n2)s1. The summed E-state index contributed by atoms with van der Waals surface area (Å²) in [5, 5.41) is 0.855. The zero-order valence-corrected chi connectivity index (χ0v) is 19.3. The topological polar surface area (TPSA) is 103 Å². The predicted molar refractivity (Wildman–Crippen MR) is 124 cm³/mol. The Hall–Kier alpha value is -2.27. The van der Waals surface area contributed by atoms with Crippen molar-refractivity contribution in [1.29, 1.82) is 0 Å². The van der Waals surface area contributed by atoms with Crippen LogP contribution < -0.4 is 10.5 Å². The standard InChI is InChI=1S/C21H25FN6OS2/c1-21(2,3)19-26-17(18(30-19)15-9-10-24-20(23)25-15)13-7-6-8-14(16(13)22)27-31(29)28-11-4-5-12-28/h6-10,27H,4-5,11-12H2,1-3H3,(H2,23,24,25). The second-order valence-corrected chi connectivity index (χ2v) is 10.6. The predicted octanol–water partition coefficient (Wildman–Crippen LogP) is 4.37. The van der Waals surface area contributed by atoms with E-state index in [1.165, 1.54) is 11.3 Å². The number of halogens is 1. The van der Waals surface area contributed by atoms with Crippen molar-refractivity contribution in [3.8, 4) is 21.8 Å². The second kappa shape index (κ2) is 8.70. The highest BCUT2D eigenvalue weighted by Crippen LogP contribution is 2.41. The van der Waals surface area contributed by atoms with Crippen molar-refractivity contribution in [2.75, 3.05) is 23.5 Å². The lowest BCUT2D eigenvalue weighted by Gasteiger charge is -2.19. The number of nitrogens with one attached hydrogen (secondary N) is 1. The van der Waals surface area contributed by atoms with E-state index < -0.39 is 17.4 Å². The van der Waals surface area contributed by atoms with E-state index in [0.29, 0.717) is 17.0 Å². The van der Waals surface area contributed by atoms with Gasteiger partial charge in [-0.15, -0.1) is 15.6 Å². The van der Waals surface area contributed by atoms with Gasteiger partial charge in [0.25, 0.3) is 0 Å². The number of benzene rings is 1. The van der Waals surface area contributed by atoms with Crippen LogP contribution in [0.2, 0.25) is 0 Å². The Kier molecular flexibility index (Phi) is 6.16. The molecular formula is C21H25FN6OS2. The van der Waals surface area contributed by atoms with E-state index in [1.54, 1.807) is 30.5 Å². The van der Waals surface area contributed by atoms with E-state index in [-0.39, 0.29) is 17.1 Å². The Bertz CT molecular complexity index is 1080. The molecule has 0 radical (unpaired) electrons. The molecule has 1 aliphatic rings. The van der Waals surface area contributed by atoms with Gasteiger partial charge in [-0.3, -0.25) is 0 Å². The van der Waals surface area contributed by atoms with Gasteiger partial charge < -0.3 is 10.3 Å². The van der Waals surface area contributed by atoms with Gasteiger partial charge in [0.2, 0.25) is 5.95 Å². The molecule has 31 heavy (non-hydrogen) atoms. The molecule has 0 bridgehead atoms. The minimum atomic E-state index is -1.49. The molecule has 0 aliphatic carbocycles. The monoisotopic (exact) mass is 460 g/mol. The highest BCUT2D eigenvalue weighted by Gasteiger charge is 2.28. The van der Waals surface area contributed by atoms with Crippen LogP contribution in [0.3, 0.4) is 0 Å². The second-order valence-electron chi connectivity index (χ2n) is 8.40. The molecule has 7 nitrogen and oxygen atoms in total. The summed E-state index contributed by atoms with van der Waals surface area (Å²) in [4.78, 5) is 13.8. The molecule has 164 valence electrons. The maximum atomic E-state index is 15.6. The summed E-state index contributed by atoms with van der Waals surface area (Å²) in [6.07, 6.45) is 3.57. The lowest BCUT2D eigenvalue weighted by atomic mass is 9.98. The number of nitrogens with zero attached hydrogens (tertiary/aromatic N) is 4. The van der Waals surface area contributed by atoms with Crippen LogP contribution in [0.4, 0.5) is 16.0 Å². The Morgan fingerprint density at radius 2 is 1.94 bits per heavy atom. The largest absolute Gasteiger partial charge is 0.573 e. The summed E-state index contributed by atoms with van der Waals surface area (Å²) in [5.41, 5.74) is 7.14. The average molecular weight is 461 g/mol. The Labute approximate surface area is 188 Å². The van der Waals surface area contributed by atoms with Crippen molar-refractivity contribution in [2.24, 2.45) is 0 Å². The summed E-state index contributed by atoms with van der Waals surface area (Å²) < 4.78 is 32.8. The van der Waals surface area contributed by atoms with Crippen molar-refractivity contribution in [1.82, 2.24) is 19.3 Å². The van der Waals surface area contributed by atoms with Gasteiger partial charge in [-0.25, -0.2) is 19.3 Å². The third kappa shape index (κ3) is 4.67. The molecule has 2 aromatic heterocycles. The molecule has 10 heteroatoms. The molecule has 1 aromatic carbocycles. The molecule has 3 N–H and O–H groups in total. The molecule has 0 saturated carbocycles. The fraction of sp³-hybridized carbons (Fsp3) is 0.381. The van der Waals surface area contributed by atoms with E-state index in [2.05, 4.69) is 35.5 Å². The van der Waals surface area contributed by atoms with Crippen molar-refractivity contribution < 1.29 is 8.94 Å². The number of hydrogen-bond acceptors (Lipinski definition) is 8. The van der Waals surface area contributed by atoms with Crippen LogP contribution in [-0.4, -0.2) is 36.9 Å². The van der Waals surface area contributed by atoms with Crippen molar-refractivity contribution in [3.63, 3.8) is 0 Å². The Morgan fingerprint density at radius 1 is 1.19 bits per heavy atom. The van der Waals surface area contributed by atoms with Gasteiger partial charge in [0.1, 0.15) is 5.69 Å². The van der Waals surface area contributed by atoms with E-state index in [9.17, 15) is 4.55 Å². The van der Waals surface area contributed by atoms with Crippen LogP contribution in [0.15, 0.2) is 30.5 Å². The molecule has 1 unspecified atom stereocenters. The van der Waals surface area contributed by atoms with E-state index in [1.807, 2.05) is 4.31 Å². The zero-order valence-electron chi connectivity index (χ0n) is 17.7. The third-order valence-corrected chi connectivity index (χ3v) is 7.66. The molecule has 1 fully saturated rings. The number of rotatable bonds is 5. The molecular weight excluding hydrogens is 435 g/mol. The maximum absolute atomic E-state index is 15.6. The van der Waals surface area contributed by atoms with Gasteiger partial charge in [-0.1, -0.05) is 26.8 Å². The summed E-state index contributed by atoms with van der Waals surface area (Å²) in [5.74, 6) is -0.352. The summed E-state index contributed by atoms with van der Waals surface area (Å²) in [6, 6.07) is 6.74. The summed E-state index contributed by atoms with van der Waals surface area (Å²) >= 11 is -0.0265. The first kappa shape index (κ1) is 21.9. The highest BCUT2D eigenvalue weighted by atomic mass is 32.2. The average Bonchev–Trinajstić information content (AvgIpc) is 3.39. The smallest absolute Gasteiger partial charge is 0.220 e. The lowest BCUT2D eigenvalue weighted by molar-refractivity contribution is 0.481. The molecule has 0 spiro atoms. The van der Waals surface area contributed by atoms with Crippen molar-refractivity contribution in [3.05, 3.63) is 41.3 Å². The number of anilines is 2. The normalized spacial score (nSPS) is 15.9. The van der Waals surface area contributed by atoms with E-state index in [4.69, 9.17) is 10.7 Å². The summed E-state index contributed by atoms with van der Waals surface area (Å²) in [7, 11) is 0. The number of nitrogens with two attached hydrogens (primary N) is 1. The molecule has 0 amide bonds. The van der Waals surface area contributed by atoms with Crippen molar-refractivity contribution >= 4 is 34.5 Å². The molecule has 4 rings (SSSR count). The highest BCUT2D eigenvalue weighted by molar-refractivity contribution is 7.90. The third-order valence-electron chi connectivity index (χ3n) is 4.93. The van der Waals surface area contributed by atoms with Gasteiger partial charge in [-0.05, 0) is 31.0 Å². The summed E-state index contributed by atoms with van der Waals surface area (Å²) in [6.45, 7) is 7.65. The lowest BCUT2D eigenvalue weighted by Crippen LogP contribution is -2.33. The Balaban J connectivity index is 1.77. The van der Waals surface area contributed by atoms with Crippen LogP contribution in [0.25, 0.3) is 21.8 Å². The molecule has 1 saturated heterocycles. The van der Waals surface area contributed by atoms with Crippen molar-refractivity contribution in [2.45, 2.75) is 39.0 Å². The molecule has 3 aromatic rings. The van der Waals surface area contributed by atoms with Crippen LogP contribution in [0, 0.1) is 5.82 Å². The van der Waals surface area contributed by atoms with E-state index in [0.717, 1.165) is 35.8 Å². The Morgan fingerprint density at radius 3 is 2.61 bits per heavy atom. The number of nitrogen functional groups attached to an aromatic ring is 1. The van der Waals surface area contributed by atoms with Gasteiger partial charge in [-0.2, -0.15) is 4.72 Å². The zero-order chi connectivity index (χ0) is 22.2. The molecule has 1 atom stereocenters. The van der Waals surface area contributed by atoms with Gasteiger partial charge in [0.15, 0.2) is 17.4 Å². The molecule has 3 heterocycles. The van der Waals surface area contributed by atoms with Crippen LogP contribution >= 0.6 is 11.3 Å². The molecule has 1 aliphatic heterocycles. The van der Waals surface area contributed by atoms with Gasteiger partial charge in [0.05, 0.1) is 21.3 Å².